The highest BCUT2D eigenvalue weighted by molar-refractivity contribution is 5.78. The molecule has 26 heavy (non-hydrogen) atoms. The van der Waals surface area contributed by atoms with E-state index < -0.39 is 11.2 Å². The summed E-state index contributed by atoms with van der Waals surface area (Å²) in [5.74, 6) is -0.353. The molecule has 2 aromatic carbocycles. The molecule has 3 rings (SSSR count). The normalized spacial score (nSPS) is 12.0. The second-order valence-electron chi connectivity index (χ2n) is 6.36. The first-order chi connectivity index (χ1) is 12.5. The minimum atomic E-state index is -0.583. The molecule has 0 saturated heterocycles. The van der Waals surface area contributed by atoms with Crippen LogP contribution >= 0.6 is 0 Å². The van der Waals surface area contributed by atoms with E-state index in [1.807, 2.05) is 37.3 Å². The largest absolute Gasteiger partial charge is 0.352 e. The van der Waals surface area contributed by atoms with E-state index >= 15 is 0 Å². The molecule has 1 heterocycles. The van der Waals surface area contributed by atoms with Gasteiger partial charge >= 0.3 is 5.69 Å². The lowest BCUT2D eigenvalue weighted by Crippen LogP contribution is -2.42. The summed E-state index contributed by atoms with van der Waals surface area (Å²) in [6.45, 7) is 1.61. The highest BCUT2D eigenvalue weighted by atomic mass is 16.2. The molecule has 1 amide bonds. The molecule has 0 aliphatic carbocycles. The summed E-state index contributed by atoms with van der Waals surface area (Å²) in [4.78, 5) is 39.4. The zero-order valence-corrected chi connectivity index (χ0v) is 14.6. The van der Waals surface area contributed by atoms with Gasteiger partial charge in [0.05, 0.1) is 10.9 Å². The molecule has 1 atom stereocenters. The predicted octanol–water partition coefficient (Wildman–Crippen LogP) is 1.83. The van der Waals surface area contributed by atoms with Crippen LogP contribution in [0.2, 0.25) is 0 Å². The molecule has 2 N–H and O–H groups in total. The van der Waals surface area contributed by atoms with Gasteiger partial charge in [0.15, 0.2) is 0 Å². The molecule has 0 saturated carbocycles. The van der Waals surface area contributed by atoms with Crippen molar-refractivity contribution < 1.29 is 4.79 Å². The first kappa shape index (κ1) is 17.7. The quantitative estimate of drug-likeness (QED) is 0.711. The molecular weight excluding hydrogens is 330 g/mol. The molecular formula is C20H21N3O3. The van der Waals surface area contributed by atoms with Gasteiger partial charge in [-0.05, 0) is 37.5 Å². The Hall–Kier alpha value is -3.15. The SMILES string of the molecule is C[C@@H](CCc1ccccc1)NC(=O)Cn1c(=O)[nH]c2ccccc2c1=O. The van der Waals surface area contributed by atoms with Crippen molar-refractivity contribution in [3.8, 4) is 0 Å². The number of hydrogen-bond donors (Lipinski definition) is 2. The Morgan fingerprint density at radius 1 is 1.08 bits per heavy atom. The van der Waals surface area contributed by atoms with Gasteiger partial charge in [0, 0.05) is 6.04 Å². The van der Waals surface area contributed by atoms with Gasteiger partial charge in [-0.15, -0.1) is 0 Å². The smallest absolute Gasteiger partial charge is 0.329 e. The van der Waals surface area contributed by atoms with Gasteiger partial charge in [-0.25, -0.2) is 4.79 Å². The summed E-state index contributed by atoms with van der Waals surface area (Å²) in [5.41, 5.74) is 0.628. The number of amides is 1. The van der Waals surface area contributed by atoms with Gasteiger partial charge in [-0.2, -0.15) is 0 Å². The topological polar surface area (TPSA) is 84.0 Å². The van der Waals surface area contributed by atoms with Crippen molar-refractivity contribution in [2.45, 2.75) is 32.4 Å². The van der Waals surface area contributed by atoms with Gasteiger partial charge in [-0.1, -0.05) is 42.5 Å². The molecule has 6 nitrogen and oxygen atoms in total. The van der Waals surface area contributed by atoms with E-state index in [9.17, 15) is 14.4 Å². The van der Waals surface area contributed by atoms with Crippen LogP contribution in [0.3, 0.4) is 0 Å². The summed E-state index contributed by atoms with van der Waals surface area (Å²) in [6, 6.07) is 16.7. The van der Waals surface area contributed by atoms with E-state index in [-0.39, 0.29) is 18.5 Å². The van der Waals surface area contributed by atoms with E-state index in [0.717, 1.165) is 17.4 Å². The average molecular weight is 351 g/mol. The van der Waals surface area contributed by atoms with Gasteiger partial charge in [0.25, 0.3) is 5.56 Å². The van der Waals surface area contributed by atoms with E-state index in [4.69, 9.17) is 0 Å². The number of aromatic nitrogens is 2. The van der Waals surface area contributed by atoms with Crippen LogP contribution in [-0.4, -0.2) is 21.5 Å². The van der Waals surface area contributed by atoms with Gasteiger partial charge in [0.2, 0.25) is 5.91 Å². The number of carbonyl (C=O) groups excluding carboxylic acids is 1. The van der Waals surface area contributed by atoms with Crippen LogP contribution in [-0.2, 0) is 17.8 Å². The number of H-pyrrole nitrogens is 1. The highest BCUT2D eigenvalue weighted by Gasteiger charge is 2.13. The van der Waals surface area contributed by atoms with Gasteiger partial charge < -0.3 is 10.3 Å². The minimum Gasteiger partial charge on any atom is -0.352 e. The summed E-state index contributed by atoms with van der Waals surface area (Å²) < 4.78 is 0.932. The fourth-order valence-corrected chi connectivity index (χ4v) is 2.91. The summed E-state index contributed by atoms with van der Waals surface area (Å²) in [7, 11) is 0. The van der Waals surface area contributed by atoms with Crippen molar-refractivity contribution in [3.63, 3.8) is 0 Å². The maximum atomic E-state index is 12.4. The fourth-order valence-electron chi connectivity index (χ4n) is 2.91. The highest BCUT2D eigenvalue weighted by Crippen LogP contribution is 2.05. The van der Waals surface area contributed by atoms with Crippen molar-refractivity contribution in [1.29, 1.82) is 0 Å². The number of fused-ring (bicyclic) bond motifs is 1. The molecule has 0 bridgehead atoms. The Labute approximate surface area is 150 Å². The number of nitrogens with one attached hydrogen (secondary N) is 2. The first-order valence-electron chi connectivity index (χ1n) is 8.60. The van der Waals surface area contributed by atoms with E-state index in [0.29, 0.717) is 10.9 Å². The maximum Gasteiger partial charge on any atom is 0.329 e. The molecule has 3 aromatic rings. The number of carbonyl (C=O) groups is 1. The van der Waals surface area contributed by atoms with Crippen molar-refractivity contribution in [1.82, 2.24) is 14.9 Å². The molecule has 0 fully saturated rings. The predicted molar refractivity (Wildman–Crippen MR) is 101 cm³/mol. The number of aromatic amines is 1. The monoisotopic (exact) mass is 351 g/mol. The average Bonchev–Trinajstić information content (AvgIpc) is 2.64. The van der Waals surface area contributed by atoms with Crippen LogP contribution in [0.4, 0.5) is 0 Å². The molecule has 0 radical (unpaired) electrons. The number of nitrogens with zero attached hydrogens (tertiary/aromatic N) is 1. The lowest BCUT2D eigenvalue weighted by molar-refractivity contribution is -0.122. The summed E-state index contributed by atoms with van der Waals surface area (Å²) in [6.07, 6.45) is 1.62. The second-order valence-corrected chi connectivity index (χ2v) is 6.36. The van der Waals surface area contributed by atoms with Crippen LogP contribution in [0.15, 0.2) is 64.2 Å². The number of aryl methyl sites for hydroxylation is 1. The number of para-hydroxylation sites is 1. The van der Waals surface area contributed by atoms with Crippen LogP contribution in [0.25, 0.3) is 10.9 Å². The van der Waals surface area contributed by atoms with E-state index in [1.54, 1.807) is 24.3 Å². The van der Waals surface area contributed by atoms with Gasteiger partial charge in [0.1, 0.15) is 6.54 Å². The lowest BCUT2D eigenvalue weighted by Gasteiger charge is -2.14. The van der Waals surface area contributed by atoms with Crippen molar-refractivity contribution in [2.24, 2.45) is 0 Å². The molecule has 0 aliphatic rings. The first-order valence-corrected chi connectivity index (χ1v) is 8.60. The summed E-state index contributed by atoms with van der Waals surface area (Å²) >= 11 is 0. The van der Waals surface area contributed by atoms with Crippen LogP contribution in [0.1, 0.15) is 18.9 Å². The molecule has 0 unspecified atom stereocenters. The number of rotatable bonds is 6. The zero-order valence-electron chi connectivity index (χ0n) is 14.6. The molecule has 134 valence electrons. The van der Waals surface area contributed by atoms with Crippen LogP contribution in [0.5, 0.6) is 0 Å². The third-order valence-electron chi connectivity index (χ3n) is 4.31. The molecule has 0 spiro atoms. The number of benzene rings is 2. The Bertz CT molecular complexity index is 1020. The third kappa shape index (κ3) is 4.08. The Morgan fingerprint density at radius 2 is 1.77 bits per heavy atom. The van der Waals surface area contributed by atoms with Crippen molar-refractivity contribution in [3.05, 3.63) is 81.0 Å². The Kier molecular flexibility index (Phi) is 5.31. The molecule has 0 aliphatic heterocycles. The molecule has 6 heteroatoms. The second kappa shape index (κ2) is 7.82. The lowest BCUT2D eigenvalue weighted by atomic mass is 10.1. The minimum absolute atomic E-state index is 0.0575. The van der Waals surface area contributed by atoms with E-state index in [1.165, 1.54) is 5.56 Å². The third-order valence-corrected chi connectivity index (χ3v) is 4.31. The molecule has 1 aromatic heterocycles. The van der Waals surface area contributed by atoms with Gasteiger partial charge in [-0.3, -0.25) is 14.2 Å². The Balaban J connectivity index is 1.65. The Morgan fingerprint density at radius 3 is 2.54 bits per heavy atom. The van der Waals surface area contributed by atoms with Crippen molar-refractivity contribution >= 4 is 16.8 Å². The summed E-state index contributed by atoms with van der Waals surface area (Å²) in [5, 5.41) is 3.24. The fraction of sp³-hybridized carbons (Fsp3) is 0.250. The van der Waals surface area contributed by atoms with Crippen molar-refractivity contribution in [2.75, 3.05) is 0 Å². The zero-order chi connectivity index (χ0) is 18.5. The van der Waals surface area contributed by atoms with E-state index in [2.05, 4.69) is 10.3 Å². The standard InChI is InChI=1S/C20H21N3O3/c1-14(11-12-15-7-3-2-4-8-15)21-18(24)13-23-19(25)16-9-5-6-10-17(16)22-20(23)26/h2-10,14H,11-13H2,1H3,(H,21,24)(H,22,26)/t14-/m0/s1. The number of hydrogen-bond acceptors (Lipinski definition) is 3. The van der Waals surface area contributed by atoms with Crippen LogP contribution < -0.4 is 16.6 Å². The maximum absolute atomic E-state index is 12.4. The van der Waals surface area contributed by atoms with Crippen LogP contribution in [0, 0.1) is 0 Å².